The zero-order valence-electron chi connectivity index (χ0n) is 18.0. The monoisotopic (exact) mass is 421 g/mol. The second-order valence-electron chi connectivity index (χ2n) is 7.94. The number of benzene rings is 2. The van der Waals surface area contributed by atoms with Crippen molar-refractivity contribution >= 4 is 28.9 Å². The third kappa shape index (κ3) is 4.19. The maximum atomic E-state index is 13.0. The second kappa shape index (κ2) is 8.67. The van der Waals surface area contributed by atoms with Crippen LogP contribution < -0.4 is 20.3 Å². The smallest absolute Gasteiger partial charge is 0.324 e. The molecule has 3 aromatic rings. The first-order chi connectivity index (χ1) is 15.0. The molecule has 4 rings (SSSR count). The lowest BCUT2D eigenvalue weighted by Gasteiger charge is -2.24. The van der Waals surface area contributed by atoms with E-state index in [0.717, 1.165) is 22.3 Å². The van der Waals surface area contributed by atoms with Gasteiger partial charge >= 0.3 is 6.03 Å². The van der Waals surface area contributed by atoms with E-state index >= 15 is 0 Å². The van der Waals surface area contributed by atoms with Gasteiger partial charge in [0, 0.05) is 19.6 Å². The van der Waals surface area contributed by atoms with Gasteiger partial charge in [0.2, 0.25) is 11.9 Å². The van der Waals surface area contributed by atoms with E-state index < -0.39 is 6.04 Å². The molecule has 0 radical (unpaired) electrons. The maximum Gasteiger partial charge on any atom is 0.324 e. The number of rotatable bonds is 6. The average Bonchev–Trinajstić information content (AvgIpc) is 3.35. The molecule has 0 saturated heterocycles. The van der Waals surface area contributed by atoms with Crippen LogP contribution in [0.2, 0.25) is 0 Å². The Balaban J connectivity index is 1.42. The van der Waals surface area contributed by atoms with Crippen LogP contribution in [0, 0.1) is 5.92 Å². The van der Waals surface area contributed by atoms with Crippen LogP contribution in [0.1, 0.15) is 19.4 Å². The Morgan fingerprint density at radius 2 is 1.84 bits per heavy atom. The molecule has 0 fully saturated rings. The molecule has 8 nitrogen and oxygen atoms in total. The minimum absolute atomic E-state index is 0.0683. The molecule has 1 aliphatic rings. The Morgan fingerprint density at radius 3 is 2.55 bits per heavy atom. The molecule has 1 aromatic heterocycles. The first-order valence-electron chi connectivity index (χ1n) is 10.4. The molecule has 2 aromatic carbocycles. The molecule has 31 heavy (non-hydrogen) atoms. The SMILES string of the molecule is COc1ccc(CNC(=O)C(NC(=O)N2CCn3c2nc2ccccc23)C(C)C)cc1. The molecule has 0 saturated carbocycles. The van der Waals surface area contributed by atoms with Gasteiger partial charge in [-0.15, -0.1) is 0 Å². The number of urea groups is 1. The molecule has 162 valence electrons. The number of nitrogens with one attached hydrogen (secondary N) is 2. The van der Waals surface area contributed by atoms with Gasteiger partial charge in [-0.3, -0.25) is 9.69 Å². The largest absolute Gasteiger partial charge is 0.497 e. The molecule has 0 bridgehead atoms. The lowest BCUT2D eigenvalue weighted by atomic mass is 10.0. The standard InChI is InChI=1S/C23H27N5O3/c1-15(2)20(21(29)24-14-16-8-10-17(31-3)11-9-16)26-23(30)28-13-12-27-19-7-5-4-6-18(19)25-22(27)28/h4-11,15,20H,12-14H2,1-3H3,(H,24,29)(H,26,30). The zero-order chi connectivity index (χ0) is 22.0. The van der Waals surface area contributed by atoms with Gasteiger partial charge in [-0.1, -0.05) is 38.1 Å². The first-order valence-corrected chi connectivity index (χ1v) is 10.4. The number of carbonyl (C=O) groups excluding carboxylic acids is 2. The minimum atomic E-state index is -0.649. The van der Waals surface area contributed by atoms with Gasteiger partial charge in [-0.2, -0.15) is 0 Å². The molecule has 1 aliphatic heterocycles. The van der Waals surface area contributed by atoms with E-state index in [1.807, 2.05) is 66.9 Å². The maximum absolute atomic E-state index is 13.0. The molecular formula is C23H27N5O3. The summed E-state index contributed by atoms with van der Waals surface area (Å²) in [6.07, 6.45) is 0. The third-order valence-corrected chi connectivity index (χ3v) is 5.52. The van der Waals surface area contributed by atoms with Crippen LogP contribution in [-0.2, 0) is 17.9 Å². The highest BCUT2D eigenvalue weighted by molar-refractivity contribution is 5.96. The molecule has 8 heteroatoms. The summed E-state index contributed by atoms with van der Waals surface area (Å²) in [5.41, 5.74) is 2.81. The van der Waals surface area contributed by atoms with Gasteiger partial charge in [-0.25, -0.2) is 9.78 Å². The van der Waals surface area contributed by atoms with Crippen LogP contribution in [-0.4, -0.2) is 41.2 Å². The van der Waals surface area contributed by atoms with Crippen molar-refractivity contribution in [3.05, 3.63) is 54.1 Å². The fourth-order valence-corrected chi connectivity index (χ4v) is 3.77. The summed E-state index contributed by atoms with van der Waals surface area (Å²) in [6, 6.07) is 14.4. The van der Waals surface area contributed by atoms with Gasteiger partial charge in [0.15, 0.2) is 0 Å². The number of methoxy groups -OCH3 is 1. The van der Waals surface area contributed by atoms with E-state index in [1.165, 1.54) is 0 Å². The van der Waals surface area contributed by atoms with Crippen molar-refractivity contribution in [1.82, 2.24) is 20.2 Å². The van der Waals surface area contributed by atoms with E-state index in [2.05, 4.69) is 15.6 Å². The number of aromatic nitrogens is 2. The molecule has 2 heterocycles. The second-order valence-corrected chi connectivity index (χ2v) is 7.94. The molecule has 1 unspecified atom stereocenters. The number of fused-ring (bicyclic) bond motifs is 3. The van der Waals surface area contributed by atoms with Gasteiger partial charge < -0.3 is 19.9 Å². The van der Waals surface area contributed by atoms with Crippen LogP contribution in [0.4, 0.5) is 10.7 Å². The van der Waals surface area contributed by atoms with E-state index in [4.69, 9.17) is 4.74 Å². The lowest BCUT2D eigenvalue weighted by Crippen LogP contribution is -2.53. The van der Waals surface area contributed by atoms with Crippen molar-refractivity contribution < 1.29 is 14.3 Å². The van der Waals surface area contributed by atoms with Crippen molar-refractivity contribution in [2.45, 2.75) is 33.0 Å². The fourth-order valence-electron chi connectivity index (χ4n) is 3.77. The minimum Gasteiger partial charge on any atom is -0.497 e. The lowest BCUT2D eigenvalue weighted by molar-refractivity contribution is -0.124. The number of imidazole rings is 1. The number of carbonyl (C=O) groups is 2. The Bertz CT molecular complexity index is 1090. The van der Waals surface area contributed by atoms with E-state index in [-0.39, 0.29) is 17.9 Å². The van der Waals surface area contributed by atoms with E-state index in [1.54, 1.807) is 12.0 Å². The predicted molar refractivity (Wildman–Crippen MR) is 119 cm³/mol. The first kappa shape index (κ1) is 20.7. The quantitative estimate of drug-likeness (QED) is 0.641. The Morgan fingerprint density at radius 1 is 1.10 bits per heavy atom. The predicted octanol–water partition coefficient (Wildman–Crippen LogP) is 2.92. The summed E-state index contributed by atoms with van der Waals surface area (Å²) in [6.45, 7) is 5.41. The average molecular weight is 422 g/mol. The fraction of sp³-hybridized carbons (Fsp3) is 0.348. The van der Waals surface area contributed by atoms with E-state index in [0.29, 0.717) is 25.6 Å². The van der Waals surface area contributed by atoms with E-state index in [9.17, 15) is 9.59 Å². The highest BCUT2D eigenvalue weighted by Gasteiger charge is 2.32. The molecule has 1 atom stereocenters. The van der Waals surface area contributed by atoms with Gasteiger partial charge in [0.05, 0.1) is 18.1 Å². The summed E-state index contributed by atoms with van der Waals surface area (Å²) in [7, 11) is 1.61. The number of para-hydroxylation sites is 2. The Labute approximate surface area is 181 Å². The van der Waals surface area contributed by atoms with Crippen molar-refractivity contribution in [3.63, 3.8) is 0 Å². The van der Waals surface area contributed by atoms with Crippen LogP contribution in [0.3, 0.4) is 0 Å². The van der Waals surface area contributed by atoms with Crippen molar-refractivity contribution in [2.24, 2.45) is 5.92 Å². The molecule has 0 aliphatic carbocycles. The number of amides is 3. The normalized spacial score (nSPS) is 13.9. The number of hydrogen-bond donors (Lipinski definition) is 2. The highest BCUT2D eigenvalue weighted by atomic mass is 16.5. The summed E-state index contributed by atoms with van der Waals surface area (Å²) in [5.74, 6) is 1.09. The van der Waals surface area contributed by atoms with Crippen molar-refractivity contribution in [2.75, 3.05) is 18.6 Å². The summed E-state index contributed by atoms with van der Waals surface area (Å²) in [5, 5.41) is 5.82. The zero-order valence-corrected chi connectivity index (χ0v) is 18.0. The van der Waals surface area contributed by atoms with Crippen molar-refractivity contribution in [3.8, 4) is 5.75 Å². The number of anilines is 1. The molecule has 0 spiro atoms. The van der Waals surface area contributed by atoms with Crippen LogP contribution in [0.15, 0.2) is 48.5 Å². The van der Waals surface area contributed by atoms with Crippen LogP contribution in [0.5, 0.6) is 5.75 Å². The summed E-state index contributed by atoms with van der Waals surface area (Å²) < 4.78 is 7.19. The number of hydrogen-bond acceptors (Lipinski definition) is 4. The van der Waals surface area contributed by atoms with Gasteiger partial charge in [0.1, 0.15) is 11.8 Å². The number of nitrogens with zero attached hydrogens (tertiary/aromatic N) is 3. The Kier molecular flexibility index (Phi) is 5.79. The highest BCUT2D eigenvalue weighted by Crippen LogP contribution is 2.27. The Hall–Kier alpha value is -3.55. The molecule has 2 N–H and O–H groups in total. The van der Waals surface area contributed by atoms with Gasteiger partial charge in [0.25, 0.3) is 0 Å². The third-order valence-electron chi connectivity index (χ3n) is 5.52. The van der Waals surface area contributed by atoms with Crippen LogP contribution in [0.25, 0.3) is 11.0 Å². The summed E-state index contributed by atoms with van der Waals surface area (Å²) in [4.78, 5) is 32.0. The van der Waals surface area contributed by atoms with Crippen LogP contribution >= 0.6 is 0 Å². The van der Waals surface area contributed by atoms with Gasteiger partial charge in [-0.05, 0) is 35.7 Å². The topological polar surface area (TPSA) is 88.5 Å². The molecular weight excluding hydrogens is 394 g/mol. The summed E-state index contributed by atoms with van der Waals surface area (Å²) >= 11 is 0. The molecule has 3 amide bonds. The van der Waals surface area contributed by atoms with Crippen molar-refractivity contribution in [1.29, 1.82) is 0 Å². The number of ether oxygens (including phenoxy) is 1.